The summed E-state index contributed by atoms with van der Waals surface area (Å²) in [6.07, 6.45) is -0.889. The molecular formula is C13H12Cl2O3S. The van der Waals surface area contributed by atoms with Gasteiger partial charge in [-0.2, -0.15) is 0 Å². The zero-order chi connectivity index (χ0) is 14.0. The zero-order valence-electron chi connectivity index (χ0n) is 10.3. The fourth-order valence-corrected chi connectivity index (χ4v) is 3.26. The summed E-state index contributed by atoms with van der Waals surface area (Å²) in [4.78, 5) is 0.649. The minimum Gasteiger partial charge on any atom is -0.493 e. The molecule has 0 saturated carbocycles. The fraction of sp³-hybridized carbons (Fsp3) is 0.231. The molecule has 102 valence electrons. The van der Waals surface area contributed by atoms with Gasteiger partial charge in [-0.1, -0.05) is 29.3 Å². The fourth-order valence-electron chi connectivity index (χ4n) is 1.76. The average Bonchev–Trinajstić information content (AvgIpc) is 2.83. The lowest BCUT2D eigenvalue weighted by atomic mass is 10.1. The maximum atomic E-state index is 10.4. The summed E-state index contributed by atoms with van der Waals surface area (Å²) >= 11 is 13.6. The predicted molar refractivity (Wildman–Crippen MR) is 77.9 cm³/mol. The van der Waals surface area contributed by atoms with Crippen LogP contribution in [0, 0.1) is 0 Å². The van der Waals surface area contributed by atoms with Crippen molar-refractivity contribution in [2.24, 2.45) is 0 Å². The molecule has 0 aliphatic heterocycles. The van der Waals surface area contributed by atoms with Gasteiger partial charge in [0.1, 0.15) is 6.10 Å². The maximum absolute atomic E-state index is 10.4. The van der Waals surface area contributed by atoms with Crippen LogP contribution in [0.2, 0.25) is 10.0 Å². The Morgan fingerprint density at radius 3 is 2.42 bits per heavy atom. The minimum atomic E-state index is -0.889. The van der Waals surface area contributed by atoms with Gasteiger partial charge in [0, 0.05) is 5.56 Å². The van der Waals surface area contributed by atoms with Crippen LogP contribution in [-0.2, 0) is 0 Å². The van der Waals surface area contributed by atoms with E-state index in [1.54, 1.807) is 18.2 Å². The number of rotatable bonds is 4. The third kappa shape index (κ3) is 2.67. The van der Waals surface area contributed by atoms with Crippen LogP contribution in [0.1, 0.15) is 16.5 Å². The SMILES string of the molecule is COc1ccc(C(O)c2sccc2Cl)c(Cl)c1OC. The average molecular weight is 319 g/mol. The largest absolute Gasteiger partial charge is 0.493 e. The molecule has 0 amide bonds. The van der Waals surface area contributed by atoms with Crippen molar-refractivity contribution in [1.82, 2.24) is 0 Å². The topological polar surface area (TPSA) is 38.7 Å². The first-order valence-electron chi connectivity index (χ1n) is 5.41. The summed E-state index contributed by atoms with van der Waals surface area (Å²) in [5.74, 6) is 0.911. The number of methoxy groups -OCH3 is 2. The van der Waals surface area contributed by atoms with Crippen molar-refractivity contribution in [3.63, 3.8) is 0 Å². The first kappa shape index (κ1) is 14.5. The van der Waals surface area contributed by atoms with Gasteiger partial charge in [0.15, 0.2) is 11.5 Å². The highest BCUT2D eigenvalue weighted by Gasteiger charge is 2.22. The Morgan fingerprint density at radius 1 is 1.16 bits per heavy atom. The van der Waals surface area contributed by atoms with Crippen LogP contribution in [-0.4, -0.2) is 19.3 Å². The van der Waals surface area contributed by atoms with Gasteiger partial charge < -0.3 is 14.6 Å². The smallest absolute Gasteiger partial charge is 0.179 e. The number of aliphatic hydroxyl groups is 1. The Kier molecular flexibility index (Phi) is 4.58. The van der Waals surface area contributed by atoms with Crippen LogP contribution in [0.3, 0.4) is 0 Å². The van der Waals surface area contributed by atoms with Gasteiger partial charge in [-0.25, -0.2) is 0 Å². The summed E-state index contributed by atoms with van der Waals surface area (Å²) in [5.41, 5.74) is 0.531. The van der Waals surface area contributed by atoms with Crippen LogP contribution in [0.5, 0.6) is 11.5 Å². The standard InChI is InChI=1S/C13H12Cl2O3S/c1-17-9-4-3-7(10(15)12(9)18-2)11(16)13-8(14)5-6-19-13/h3-6,11,16H,1-2H3. The summed E-state index contributed by atoms with van der Waals surface area (Å²) in [6.45, 7) is 0. The van der Waals surface area contributed by atoms with Crippen LogP contribution in [0.15, 0.2) is 23.6 Å². The van der Waals surface area contributed by atoms with Crippen molar-refractivity contribution in [3.05, 3.63) is 44.1 Å². The molecular weight excluding hydrogens is 307 g/mol. The second-order valence-electron chi connectivity index (χ2n) is 3.74. The van der Waals surface area contributed by atoms with E-state index in [1.165, 1.54) is 25.6 Å². The molecule has 0 saturated heterocycles. The van der Waals surface area contributed by atoms with E-state index in [9.17, 15) is 5.11 Å². The molecule has 2 aromatic rings. The zero-order valence-corrected chi connectivity index (χ0v) is 12.6. The number of ether oxygens (including phenoxy) is 2. The molecule has 1 heterocycles. The Bertz CT molecular complexity index is 583. The Hall–Kier alpha value is -0.940. The molecule has 19 heavy (non-hydrogen) atoms. The van der Waals surface area contributed by atoms with E-state index >= 15 is 0 Å². The van der Waals surface area contributed by atoms with Crippen LogP contribution >= 0.6 is 34.5 Å². The summed E-state index contributed by atoms with van der Waals surface area (Å²) in [5, 5.41) is 13.0. The van der Waals surface area contributed by atoms with Gasteiger partial charge >= 0.3 is 0 Å². The lowest BCUT2D eigenvalue weighted by molar-refractivity contribution is 0.223. The first-order valence-corrected chi connectivity index (χ1v) is 7.05. The molecule has 0 spiro atoms. The number of hydrogen-bond acceptors (Lipinski definition) is 4. The third-order valence-corrected chi connectivity index (χ3v) is 4.50. The van der Waals surface area contributed by atoms with Crippen molar-refractivity contribution in [2.45, 2.75) is 6.10 Å². The normalized spacial score (nSPS) is 12.3. The van der Waals surface area contributed by atoms with Crippen molar-refractivity contribution >= 4 is 34.5 Å². The van der Waals surface area contributed by atoms with Crippen LogP contribution in [0.4, 0.5) is 0 Å². The second-order valence-corrected chi connectivity index (χ2v) is 5.47. The number of aliphatic hydroxyl groups excluding tert-OH is 1. The molecule has 1 N–H and O–H groups in total. The molecule has 0 bridgehead atoms. The Balaban J connectivity index is 2.49. The van der Waals surface area contributed by atoms with E-state index < -0.39 is 6.10 Å². The van der Waals surface area contributed by atoms with E-state index in [1.807, 2.05) is 5.38 Å². The Morgan fingerprint density at radius 2 is 1.89 bits per heavy atom. The number of benzene rings is 1. The molecule has 3 nitrogen and oxygen atoms in total. The summed E-state index contributed by atoms with van der Waals surface area (Å²) in [6, 6.07) is 5.13. The van der Waals surface area contributed by atoms with Crippen molar-refractivity contribution in [3.8, 4) is 11.5 Å². The van der Waals surface area contributed by atoms with Crippen molar-refractivity contribution in [1.29, 1.82) is 0 Å². The molecule has 0 aliphatic rings. The van der Waals surface area contributed by atoms with Crippen molar-refractivity contribution < 1.29 is 14.6 Å². The maximum Gasteiger partial charge on any atom is 0.179 e. The number of thiophene rings is 1. The highest BCUT2D eigenvalue weighted by Crippen LogP contribution is 2.43. The highest BCUT2D eigenvalue weighted by atomic mass is 35.5. The lowest BCUT2D eigenvalue weighted by Crippen LogP contribution is -2.01. The molecule has 0 fully saturated rings. The monoisotopic (exact) mass is 318 g/mol. The summed E-state index contributed by atoms with van der Waals surface area (Å²) < 4.78 is 10.4. The van der Waals surface area contributed by atoms with Gasteiger partial charge in [0.2, 0.25) is 0 Å². The molecule has 1 atom stereocenters. The molecule has 0 aliphatic carbocycles. The van der Waals surface area contributed by atoms with E-state index in [0.717, 1.165) is 0 Å². The minimum absolute atomic E-state index is 0.318. The van der Waals surface area contributed by atoms with E-state index in [2.05, 4.69) is 0 Å². The van der Waals surface area contributed by atoms with Gasteiger partial charge in [0.05, 0.1) is 29.1 Å². The Labute approximate surface area is 125 Å². The highest BCUT2D eigenvalue weighted by molar-refractivity contribution is 7.10. The van der Waals surface area contributed by atoms with E-state index in [0.29, 0.717) is 32.0 Å². The third-order valence-electron chi connectivity index (χ3n) is 2.70. The van der Waals surface area contributed by atoms with Crippen molar-refractivity contribution in [2.75, 3.05) is 14.2 Å². The first-order chi connectivity index (χ1) is 9.10. The van der Waals surface area contributed by atoms with E-state index in [-0.39, 0.29) is 0 Å². The van der Waals surface area contributed by atoms with Crippen LogP contribution < -0.4 is 9.47 Å². The van der Waals surface area contributed by atoms with Gasteiger partial charge in [-0.05, 0) is 17.5 Å². The van der Waals surface area contributed by atoms with E-state index in [4.69, 9.17) is 32.7 Å². The quantitative estimate of drug-likeness (QED) is 0.920. The predicted octanol–water partition coefficient (Wildman–Crippen LogP) is 4.15. The molecule has 1 aromatic carbocycles. The van der Waals surface area contributed by atoms with Gasteiger partial charge in [-0.3, -0.25) is 0 Å². The number of hydrogen-bond donors (Lipinski definition) is 1. The molecule has 1 unspecified atom stereocenters. The summed E-state index contributed by atoms with van der Waals surface area (Å²) in [7, 11) is 3.03. The molecule has 1 aromatic heterocycles. The molecule has 2 rings (SSSR count). The van der Waals surface area contributed by atoms with Gasteiger partial charge in [0.25, 0.3) is 0 Å². The molecule has 6 heteroatoms. The molecule has 0 radical (unpaired) electrons. The van der Waals surface area contributed by atoms with Gasteiger partial charge in [-0.15, -0.1) is 11.3 Å². The van der Waals surface area contributed by atoms with Crippen LogP contribution in [0.25, 0.3) is 0 Å². The second kappa shape index (κ2) is 6.01. The number of halogens is 2. The lowest BCUT2D eigenvalue weighted by Gasteiger charge is -2.16.